The van der Waals surface area contributed by atoms with Crippen molar-refractivity contribution in [3.8, 4) is 0 Å². The lowest BCUT2D eigenvalue weighted by atomic mass is 9.94. The molecule has 0 spiro atoms. The minimum Gasteiger partial charge on any atom is -0.394 e. The number of ether oxygens (including phenoxy) is 7. The molecule has 4 saturated heterocycles. The molecule has 0 aromatic heterocycles. The molecule has 0 aromatic carbocycles. The Morgan fingerprint density at radius 2 is 1.04 bits per heavy atom. The van der Waals surface area contributed by atoms with Crippen molar-refractivity contribution < 1.29 is 99.2 Å². The third-order valence-corrected chi connectivity index (χ3v) is 8.57. The predicted octanol–water partition coefficient (Wildman–Crippen LogP) is -8.58. The Bertz CT molecular complexity index is 1010. The summed E-state index contributed by atoms with van der Waals surface area (Å²) in [6.07, 6.45) is -32.1. The Morgan fingerprint density at radius 1 is 0.553 bits per heavy atom. The van der Waals surface area contributed by atoms with Crippen LogP contribution in [0.2, 0.25) is 0 Å². The average Bonchev–Trinajstić information content (AvgIpc) is 3.03. The van der Waals surface area contributed by atoms with Crippen molar-refractivity contribution in [1.29, 1.82) is 0 Å². The summed E-state index contributed by atoms with van der Waals surface area (Å²) >= 11 is 0. The Kier molecular flexibility index (Phi) is 13.2. The summed E-state index contributed by atoms with van der Waals surface area (Å²) in [6, 6.07) is -1.57. The molecule has 0 saturated carbocycles. The highest BCUT2D eigenvalue weighted by Gasteiger charge is 2.55. The molecule has 0 aliphatic carbocycles. The highest BCUT2D eigenvalue weighted by atomic mass is 16.8. The molecule has 4 aliphatic rings. The summed E-state index contributed by atoms with van der Waals surface area (Å²) < 4.78 is 38.6. The summed E-state index contributed by atoms with van der Waals surface area (Å²) in [5.41, 5.74) is 0. The molecule has 4 rings (SSSR count). The fraction of sp³-hybridized carbons (Fsp3) is 0.962. The lowest BCUT2D eigenvalue weighted by molar-refractivity contribution is -0.380. The minimum absolute atomic E-state index is 0.729. The van der Waals surface area contributed by atoms with E-state index >= 15 is 0 Å². The number of aliphatic hydroxyl groups is 12. The van der Waals surface area contributed by atoms with Crippen molar-refractivity contribution in [2.24, 2.45) is 0 Å². The van der Waals surface area contributed by atoms with E-state index in [1.54, 1.807) is 0 Å². The lowest BCUT2D eigenvalue weighted by Gasteiger charge is -2.49. The first-order valence-corrected chi connectivity index (χ1v) is 15.0. The van der Waals surface area contributed by atoms with Crippen LogP contribution in [0.3, 0.4) is 0 Å². The third-order valence-electron chi connectivity index (χ3n) is 8.57. The Labute approximate surface area is 267 Å². The maximum absolute atomic E-state index is 12.1. The SMILES string of the molecule is CC(=O)N[C@H]1[C@H](O[C@@H]2[C@@H](O)[C@H](O)O[C@H](CO)[C@@H]2O)O[C@H](CO)[C@@H](O[C@H]2O[C@H](CO)[C@H](O)[C@H](O[C@H]3O[C@H](C)[C@H](O)[C@H](O)[C@H]3O)[C@H]2O)[C@@H]1O. The van der Waals surface area contributed by atoms with E-state index < -0.39 is 148 Å². The summed E-state index contributed by atoms with van der Waals surface area (Å²) in [5.74, 6) is -0.729. The second kappa shape index (κ2) is 16.2. The predicted molar refractivity (Wildman–Crippen MR) is 144 cm³/mol. The average molecular weight is 692 g/mol. The highest BCUT2D eigenvalue weighted by molar-refractivity contribution is 5.73. The highest BCUT2D eigenvalue weighted by Crippen LogP contribution is 2.34. The van der Waals surface area contributed by atoms with Crippen LogP contribution in [0.1, 0.15) is 13.8 Å². The number of carbonyl (C=O) groups excluding carboxylic acids is 1. The van der Waals surface area contributed by atoms with Gasteiger partial charge in [0.1, 0.15) is 91.5 Å². The first-order chi connectivity index (χ1) is 22.1. The van der Waals surface area contributed by atoms with Crippen LogP contribution >= 0.6 is 0 Å². The molecule has 47 heavy (non-hydrogen) atoms. The quantitative estimate of drug-likeness (QED) is 0.101. The number of rotatable bonds is 10. The van der Waals surface area contributed by atoms with E-state index in [0.29, 0.717) is 0 Å². The molecule has 4 fully saturated rings. The van der Waals surface area contributed by atoms with Gasteiger partial charge >= 0.3 is 0 Å². The van der Waals surface area contributed by atoms with Gasteiger partial charge in [-0.25, -0.2) is 0 Å². The molecule has 20 atom stereocenters. The molecule has 0 aromatic rings. The molecule has 21 nitrogen and oxygen atoms in total. The van der Waals surface area contributed by atoms with Crippen LogP contribution in [0, 0.1) is 0 Å². The topological polar surface area (TPSA) is 336 Å². The van der Waals surface area contributed by atoms with E-state index in [4.69, 9.17) is 33.2 Å². The number of hydrogen-bond donors (Lipinski definition) is 13. The van der Waals surface area contributed by atoms with Crippen LogP contribution in [0.25, 0.3) is 0 Å². The summed E-state index contributed by atoms with van der Waals surface area (Å²) in [7, 11) is 0. The summed E-state index contributed by atoms with van der Waals surface area (Å²) in [4.78, 5) is 12.1. The van der Waals surface area contributed by atoms with Crippen LogP contribution in [0.4, 0.5) is 0 Å². The van der Waals surface area contributed by atoms with Gasteiger partial charge in [0.2, 0.25) is 5.91 Å². The van der Waals surface area contributed by atoms with Crippen molar-refractivity contribution >= 4 is 5.91 Å². The van der Waals surface area contributed by atoms with Crippen molar-refractivity contribution in [3.05, 3.63) is 0 Å². The van der Waals surface area contributed by atoms with Crippen molar-refractivity contribution in [2.45, 2.75) is 137 Å². The van der Waals surface area contributed by atoms with Gasteiger partial charge < -0.3 is 99.8 Å². The van der Waals surface area contributed by atoms with Crippen molar-refractivity contribution in [2.75, 3.05) is 19.8 Å². The van der Waals surface area contributed by atoms with E-state index in [1.807, 2.05) is 0 Å². The summed E-state index contributed by atoms with van der Waals surface area (Å²) in [6.45, 7) is -0.0939. The number of amides is 1. The maximum atomic E-state index is 12.1. The Balaban J connectivity index is 1.55. The Morgan fingerprint density at radius 3 is 1.62 bits per heavy atom. The molecular weight excluding hydrogens is 646 g/mol. The third kappa shape index (κ3) is 8.04. The number of hydrogen-bond acceptors (Lipinski definition) is 20. The first-order valence-electron chi connectivity index (χ1n) is 15.0. The normalized spacial score (nSPS) is 51.0. The molecule has 13 N–H and O–H groups in total. The van der Waals surface area contributed by atoms with E-state index in [-0.39, 0.29) is 0 Å². The number of aliphatic hydroxyl groups excluding tert-OH is 12. The molecule has 274 valence electrons. The zero-order valence-electron chi connectivity index (χ0n) is 25.3. The monoisotopic (exact) mass is 691 g/mol. The molecule has 4 aliphatic heterocycles. The van der Waals surface area contributed by atoms with E-state index in [9.17, 15) is 66.1 Å². The van der Waals surface area contributed by atoms with Gasteiger partial charge in [0, 0.05) is 6.92 Å². The van der Waals surface area contributed by atoms with Crippen molar-refractivity contribution in [3.63, 3.8) is 0 Å². The smallest absolute Gasteiger partial charge is 0.217 e. The number of nitrogens with one attached hydrogen (secondary N) is 1. The fourth-order valence-electron chi connectivity index (χ4n) is 5.88. The largest absolute Gasteiger partial charge is 0.394 e. The van der Waals surface area contributed by atoms with Crippen LogP contribution in [0.15, 0.2) is 0 Å². The molecule has 21 heteroatoms. The molecule has 4 heterocycles. The maximum Gasteiger partial charge on any atom is 0.217 e. The second-order valence-corrected chi connectivity index (χ2v) is 11.9. The lowest BCUT2D eigenvalue weighted by Crippen LogP contribution is -2.69. The summed E-state index contributed by atoms with van der Waals surface area (Å²) in [5, 5.41) is 127. The van der Waals surface area contributed by atoms with Crippen LogP contribution < -0.4 is 5.32 Å². The van der Waals surface area contributed by atoms with E-state index in [2.05, 4.69) is 5.32 Å². The van der Waals surface area contributed by atoms with Crippen LogP contribution in [0.5, 0.6) is 0 Å². The zero-order valence-corrected chi connectivity index (χ0v) is 25.3. The van der Waals surface area contributed by atoms with E-state index in [1.165, 1.54) is 6.92 Å². The first kappa shape index (κ1) is 38.5. The van der Waals surface area contributed by atoms with Gasteiger partial charge in [-0.15, -0.1) is 0 Å². The minimum atomic E-state index is -1.97. The standard InChI is InChI=1S/C26H45NO20/c1-6-12(32)16(36)17(37)25(41-6)47-22-14(34)9(4-29)43-26(19(22)39)45-20-10(5-30)44-24(11(15(20)35)27-7(2)31)46-21-13(33)8(3-28)42-23(40)18(21)38/h6,8-26,28-30,32-40H,3-5H2,1-2H3,(H,27,31)/t6-,8-,9-,10-,11-,12+,13+,14+,15-,16+,17-,18-,19-,20-,21+,22+,23-,24+,25-,26-/m1/s1. The van der Waals surface area contributed by atoms with Gasteiger partial charge in [0.05, 0.1) is 25.9 Å². The molecule has 0 radical (unpaired) electrons. The van der Waals surface area contributed by atoms with Gasteiger partial charge in [0.25, 0.3) is 0 Å². The van der Waals surface area contributed by atoms with Gasteiger partial charge in [-0.1, -0.05) is 0 Å². The fourth-order valence-corrected chi connectivity index (χ4v) is 5.88. The van der Waals surface area contributed by atoms with Gasteiger partial charge in [-0.3, -0.25) is 4.79 Å². The van der Waals surface area contributed by atoms with Gasteiger partial charge in [-0.2, -0.15) is 0 Å². The van der Waals surface area contributed by atoms with E-state index in [0.717, 1.165) is 6.92 Å². The molecular formula is C26H45NO20. The second-order valence-electron chi connectivity index (χ2n) is 11.9. The molecule has 0 unspecified atom stereocenters. The van der Waals surface area contributed by atoms with Gasteiger partial charge in [-0.05, 0) is 6.92 Å². The Hall–Kier alpha value is -1.29. The molecule has 0 bridgehead atoms. The van der Waals surface area contributed by atoms with Crippen LogP contribution in [-0.2, 0) is 38.0 Å². The zero-order chi connectivity index (χ0) is 34.9. The number of carbonyl (C=O) groups is 1. The molecule has 1 amide bonds. The van der Waals surface area contributed by atoms with Gasteiger partial charge in [0.15, 0.2) is 25.2 Å². The van der Waals surface area contributed by atoms with Crippen LogP contribution in [-0.4, -0.2) is 210 Å². The van der Waals surface area contributed by atoms with Crippen molar-refractivity contribution in [1.82, 2.24) is 5.32 Å².